The van der Waals surface area contributed by atoms with E-state index in [9.17, 15) is 9.18 Å². The van der Waals surface area contributed by atoms with Gasteiger partial charge in [-0.1, -0.05) is 6.07 Å². The molecule has 0 fully saturated rings. The number of carbonyl (C=O) groups excluding carboxylic acids is 1. The lowest BCUT2D eigenvalue weighted by molar-refractivity contribution is 0.103. The fourth-order valence-corrected chi connectivity index (χ4v) is 1.99. The molecule has 2 rings (SSSR count). The van der Waals surface area contributed by atoms with Crippen LogP contribution < -0.4 is 9.47 Å². The minimum absolute atomic E-state index is 0.176. The van der Waals surface area contributed by atoms with Gasteiger partial charge in [0.1, 0.15) is 17.3 Å². The largest absolute Gasteiger partial charge is 0.496 e. The van der Waals surface area contributed by atoms with Crippen LogP contribution in [0.1, 0.15) is 21.5 Å². The molecule has 2 aromatic rings. The van der Waals surface area contributed by atoms with Crippen molar-refractivity contribution < 1.29 is 18.7 Å². The van der Waals surface area contributed by atoms with Gasteiger partial charge in [0, 0.05) is 0 Å². The van der Waals surface area contributed by atoms with Gasteiger partial charge in [-0.2, -0.15) is 0 Å². The van der Waals surface area contributed by atoms with Crippen LogP contribution >= 0.6 is 0 Å². The summed E-state index contributed by atoms with van der Waals surface area (Å²) in [5.41, 5.74) is 1.53. The molecule has 104 valence electrons. The molecule has 0 heterocycles. The molecule has 0 atom stereocenters. The zero-order chi connectivity index (χ0) is 14.7. The fourth-order valence-electron chi connectivity index (χ4n) is 1.99. The van der Waals surface area contributed by atoms with Gasteiger partial charge in [-0.25, -0.2) is 4.39 Å². The van der Waals surface area contributed by atoms with Gasteiger partial charge in [0.15, 0.2) is 0 Å². The number of hydrogen-bond donors (Lipinski definition) is 0. The molecule has 0 amide bonds. The second-order valence-electron chi connectivity index (χ2n) is 4.38. The minimum atomic E-state index is -0.486. The van der Waals surface area contributed by atoms with Crippen LogP contribution in [0, 0.1) is 12.7 Å². The first kappa shape index (κ1) is 14.1. The van der Waals surface area contributed by atoms with E-state index in [-0.39, 0.29) is 11.3 Å². The number of carbonyl (C=O) groups is 1. The van der Waals surface area contributed by atoms with Crippen LogP contribution in [-0.2, 0) is 0 Å². The van der Waals surface area contributed by atoms with Crippen molar-refractivity contribution in [3.8, 4) is 11.5 Å². The average molecular weight is 274 g/mol. The van der Waals surface area contributed by atoms with Crippen molar-refractivity contribution in [3.63, 3.8) is 0 Å². The Kier molecular flexibility index (Phi) is 4.03. The van der Waals surface area contributed by atoms with Gasteiger partial charge in [-0.3, -0.25) is 4.79 Å². The zero-order valence-corrected chi connectivity index (χ0v) is 11.6. The zero-order valence-electron chi connectivity index (χ0n) is 11.6. The van der Waals surface area contributed by atoms with E-state index < -0.39 is 5.82 Å². The van der Waals surface area contributed by atoms with E-state index in [1.54, 1.807) is 12.1 Å². The number of benzene rings is 2. The lowest BCUT2D eigenvalue weighted by atomic mass is 10.00. The summed E-state index contributed by atoms with van der Waals surface area (Å²) in [6.45, 7) is 1.90. The second kappa shape index (κ2) is 5.74. The summed E-state index contributed by atoms with van der Waals surface area (Å²) in [4.78, 5) is 12.5. The number of ether oxygens (including phenoxy) is 2. The Hall–Kier alpha value is -2.36. The highest BCUT2D eigenvalue weighted by molar-refractivity contribution is 6.12. The summed E-state index contributed by atoms with van der Waals surface area (Å²) < 4.78 is 23.7. The lowest BCUT2D eigenvalue weighted by Gasteiger charge is -2.11. The predicted octanol–water partition coefficient (Wildman–Crippen LogP) is 3.38. The van der Waals surface area contributed by atoms with Crippen molar-refractivity contribution in [2.24, 2.45) is 0 Å². The topological polar surface area (TPSA) is 35.5 Å². The maximum Gasteiger partial charge on any atom is 0.200 e. The van der Waals surface area contributed by atoms with Crippen molar-refractivity contribution >= 4 is 5.78 Å². The summed E-state index contributed by atoms with van der Waals surface area (Å²) in [5.74, 6) is -0.0289. The van der Waals surface area contributed by atoms with Crippen molar-refractivity contribution in [1.29, 1.82) is 0 Å². The van der Waals surface area contributed by atoms with Crippen LogP contribution in [0.4, 0.5) is 4.39 Å². The first-order valence-corrected chi connectivity index (χ1v) is 6.09. The first-order chi connectivity index (χ1) is 9.56. The Labute approximate surface area is 117 Å². The summed E-state index contributed by atoms with van der Waals surface area (Å²) in [6.07, 6.45) is 0. The van der Waals surface area contributed by atoms with Crippen LogP contribution in [0.2, 0.25) is 0 Å². The standard InChI is InChI=1S/C16H15FO3/c1-10-4-6-12(15(8-10)20-3)16(18)13-9-11(17)5-7-14(13)19-2/h4-9H,1-3H3. The van der Waals surface area contributed by atoms with Crippen LogP contribution in [0.15, 0.2) is 36.4 Å². The lowest BCUT2D eigenvalue weighted by Crippen LogP contribution is -2.06. The summed E-state index contributed by atoms with van der Waals surface area (Å²) >= 11 is 0. The Balaban J connectivity index is 2.54. The number of halogens is 1. The van der Waals surface area contributed by atoms with E-state index in [0.717, 1.165) is 5.56 Å². The smallest absolute Gasteiger partial charge is 0.200 e. The fraction of sp³-hybridized carbons (Fsp3) is 0.188. The van der Waals surface area contributed by atoms with Gasteiger partial charge in [-0.05, 0) is 42.8 Å². The molecule has 4 heteroatoms. The summed E-state index contributed by atoms with van der Waals surface area (Å²) in [6, 6.07) is 9.09. The van der Waals surface area contributed by atoms with E-state index in [1.807, 2.05) is 13.0 Å². The van der Waals surface area contributed by atoms with Crippen LogP contribution in [0.3, 0.4) is 0 Å². The molecule has 2 aromatic carbocycles. The molecular formula is C16H15FO3. The van der Waals surface area contributed by atoms with Crippen molar-refractivity contribution in [2.75, 3.05) is 14.2 Å². The highest BCUT2D eigenvalue weighted by Gasteiger charge is 2.19. The van der Waals surface area contributed by atoms with Crippen molar-refractivity contribution in [3.05, 3.63) is 58.9 Å². The number of aryl methyl sites for hydroxylation is 1. The number of methoxy groups -OCH3 is 2. The quantitative estimate of drug-likeness (QED) is 0.802. The molecule has 0 saturated carbocycles. The molecule has 3 nitrogen and oxygen atoms in total. The second-order valence-corrected chi connectivity index (χ2v) is 4.38. The Morgan fingerprint density at radius 2 is 1.65 bits per heavy atom. The van der Waals surface area contributed by atoms with E-state index >= 15 is 0 Å². The number of hydrogen-bond acceptors (Lipinski definition) is 3. The van der Waals surface area contributed by atoms with Crippen molar-refractivity contribution in [2.45, 2.75) is 6.92 Å². The first-order valence-electron chi connectivity index (χ1n) is 6.09. The molecule has 0 bridgehead atoms. The third-order valence-corrected chi connectivity index (χ3v) is 3.01. The molecule has 0 aliphatic rings. The summed E-state index contributed by atoms with van der Waals surface area (Å²) in [7, 11) is 2.94. The average Bonchev–Trinajstić information content (AvgIpc) is 2.46. The highest BCUT2D eigenvalue weighted by Crippen LogP contribution is 2.27. The van der Waals surface area contributed by atoms with Crippen LogP contribution in [-0.4, -0.2) is 20.0 Å². The Bertz CT molecular complexity index is 650. The van der Waals surface area contributed by atoms with Crippen LogP contribution in [0.25, 0.3) is 0 Å². The Morgan fingerprint density at radius 3 is 2.30 bits per heavy atom. The van der Waals surface area contributed by atoms with E-state index in [0.29, 0.717) is 17.1 Å². The maximum absolute atomic E-state index is 13.4. The minimum Gasteiger partial charge on any atom is -0.496 e. The highest BCUT2D eigenvalue weighted by atomic mass is 19.1. The SMILES string of the molecule is COc1cc(C)ccc1C(=O)c1cc(F)ccc1OC. The third-order valence-electron chi connectivity index (χ3n) is 3.01. The molecule has 0 saturated heterocycles. The van der Waals surface area contributed by atoms with Gasteiger partial charge in [0.2, 0.25) is 5.78 Å². The van der Waals surface area contributed by atoms with E-state index in [4.69, 9.17) is 9.47 Å². The molecule has 0 N–H and O–H groups in total. The molecule has 0 aromatic heterocycles. The van der Waals surface area contributed by atoms with Gasteiger partial charge in [-0.15, -0.1) is 0 Å². The Morgan fingerprint density at radius 1 is 0.950 bits per heavy atom. The van der Waals surface area contributed by atoms with Gasteiger partial charge < -0.3 is 9.47 Å². The number of ketones is 1. The molecule has 0 aliphatic carbocycles. The van der Waals surface area contributed by atoms with Gasteiger partial charge in [0.05, 0.1) is 25.3 Å². The predicted molar refractivity (Wildman–Crippen MR) is 74.1 cm³/mol. The molecule has 0 spiro atoms. The summed E-state index contributed by atoms with van der Waals surface area (Å²) in [5, 5.41) is 0. The molecule has 0 aliphatic heterocycles. The van der Waals surface area contributed by atoms with Gasteiger partial charge in [0.25, 0.3) is 0 Å². The van der Waals surface area contributed by atoms with E-state index in [1.165, 1.54) is 32.4 Å². The van der Waals surface area contributed by atoms with Gasteiger partial charge >= 0.3 is 0 Å². The normalized spacial score (nSPS) is 10.2. The van der Waals surface area contributed by atoms with E-state index in [2.05, 4.69) is 0 Å². The van der Waals surface area contributed by atoms with Crippen LogP contribution in [0.5, 0.6) is 11.5 Å². The molecule has 0 unspecified atom stereocenters. The molecule has 20 heavy (non-hydrogen) atoms. The number of rotatable bonds is 4. The van der Waals surface area contributed by atoms with Crippen molar-refractivity contribution in [1.82, 2.24) is 0 Å². The molecular weight excluding hydrogens is 259 g/mol. The third kappa shape index (κ3) is 2.64. The monoisotopic (exact) mass is 274 g/mol. The maximum atomic E-state index is 13.4. The molecule has 0 radical (unpaired) electrons.